The summed E-state index contributed by atoms with van der Waals surface area (Å²) in [5.41, 5.74) is 3.91. The molecule has 3 N–H and O–H groups in total. The zero-order chi connectivity index (χ0) is 24.8. The first-order chi connectivity index (χ1) is 17.8. The molecule has 184 valence electrons. The molecule has 0 aliphatic carbocycles. The summed E-state index contributed by atoms with van der Waals surface area (Å²) in [6.07, 6.45) is 7.03. The number of nitrogens with zero attached hydrogens (tertiary/aromatic N) is 3. The highest BCUT2D eigenvalue weighted by Gasteiger charge is 2.16. The Hall–Kier alpha value is -3.91. The minimum atomic E-state index is -0.182. The van der Waals surface area contributed by atoms with Gasteiger partial charge in [-0.25, -0.2) is 4.98 Å². The van der Waals surface area contributed by atoms with Crippen molar-refractivity contribution in [2.24, 2.45) is 4.99 Å². The zero-order valence-electron chi connectivity index (χ0n) is 20.0. The van der Waals surface area contributed by atoms with Crippen LogP contribution in [0.5, 0.6) is 0 Å². The fraction of sp³-hybridized carbons (Fsp3) is 0.214. The average Bonchev–Trinajstić information content (AvgIpc) is 3.46. The fourth-order valence-corrected chi connectivity index (χ4v) is 4.76. The maximum atomic E-state index is 12.7. The molecule has 0 aliphatic rings. The number of carbonyl (C=O) groups excluding carboxylic acids is 1. The quantitative estimate of drug-likeness (QED) is 0.159. The van der Waals surface area contributed by atoms with Crippen LogP contribution in [0.3, 0.4) is 0 Å². The molecule has 0 spiro atoms. The summed E-state index contributed by atoms with van der Waals surface area (Å²) in [7, 11) is 0. The van der Waals surface area contributed by atoms with Crippen LogP contribution >= 0.6 is 11.8 Å². The summed E-state index contributed by atoms with van der Waals surface area (Å²) in [5.74, 6) is 1.12. The third-order valence-corrected chi connectivity index (χ3v) is 6.72. The molecule has 7 nitrogen and oxygen atoms in total. The third kappa shape index (κ3) is 7.81. The van der Waals surface area contributed by atoms with Gasteiger partial charge in [0, 0.05) is 42.5 Å². The first kappa shape index (κ1) is 25.2. The molecule has 2 heterocycles. The molecular weight excluding hydrogens is 468 g/mol. The van der Waals surface area contributed by atoms with Gasteiger partial charge in [0.15, 0.2) is 5.96 Å². The summed E-state index contributed by atoms with van der Waals surface area (Å²) in [6.45, 7) is 1.24. The number of H-pyrrole nitrogens is 1. The van der Waals surface area contributed by atoms with E-state index in [-0.39, 0.29) is 11.2 Å². The van der Waals surface area contributed by atoms with E-state index < -0.39 is 0 Å². The minimum Gasteiger partial charge on any atom is -0.355 e. The molecule has 0 saturated heterocycles. The Kier molecular flexibility index (Phi) is 9.69. The molecule has 4 aromatic rings. The molecular formula is C28H30N6OS. The highest BCUT2D eigenvalue weighted by molar-refractivity contribution is 7.99. The normalized spacial score (nSPS) is 12.2. The molecule has 0 aliphatic heterocycles. The van der Waals surface area contributed by atoms with E-state index in [1.165, 1.54) is 5.56 Å². The third-order valence-electron chi connectivity index (χ3n) is 5.43. The van der Waals surface area contributed by atoms with Crippen LogP contribution < -0.4 is 10.6 Å². The molecule has 8 heteroatoms. The standard InChI is InChI=1S/C28H30N6OS/c35-27(23-12-5-2-6-13-23)34-28(31-17-9-14-24-20-29-21-33-24)32-18-19-36-26(22-10-3-1-4-11-22)25-15-7-8-16-30-25/h1-8,10-13,15-16,20-21,26H,9,14,17-19H2,(H,29,33)(H2,31,32,34,35). The molecule has 0 bridgehead atoms. The lowest BCUT2D eigenvalue weighted by atomic mass is 10.1. The van der Waals surface area contributed by atoms with Crippen LogP contribution in [0.15, 0.2) is 103 Å². The fourth-order valence-electron chi connectivity index (χ4n) is 3.65. The van der Waals surface area contributed by atoms with Crippen molar-refractivity contribution in [2.75, 3.05) is 18.8 Å². The summed E-state index contributed by atoms with van der Waals surface area (Å²) in [6, 6.07) is 25.6. The van der Waals surface area contributed by atoms with E-state index in [9.17, 15) is 4.79 Å². The number of aliphatic imine (C=N–C) groups is 1. The van der Waals surface area contributed by atoms with Crippen LogP contribution in [0.25, 0.3) is 0 Å². The van der Waals surface area contributed by atoms with Gasteiger partial charge in [-0.3, -0.25) is 20.1 Å². The van der Waals surface area contributed by atoms with Crippen molar-refractivity contribution in [1.29, 1.82) is 0 Å². The summed E-state index contributed by atoms with van der Waals surface area (Å²) >= 11 is 1.81. The van der Waals surface area contributed by atoms with Gasteiger partial charge in [0.2, 0.25) is 0 Å². The van der Waals surface area contributed by atoms with Gasteiger partial charge in [0.25, 0.3) is 5.91 Å². The van der Waals surface area contributed by atoms with E-state index in [1.54, 1.807) is 18.5 Å². The molecule has 1 amide bonds. The lowest BCUT2D eigenvalue weighted by Gasteiger charge is -2.17. The number of aromatic amines is 1. The number of pyridine rings is 1. The Labute approximate surface area is 215 Å². The van der Waals surface area contributed by atoms with Crippen LogP contribution in [-0.2, 0) is 6.42 Å². The molecule has 1 atom stereocenters. The zero-order valence-corrected chi connectivity index (χ0v) is 20.8. The lowest BCUT2D eigenvalue weighted by molar-refractivity contribution is 0.0976. The van der Waals surface area contributed by atoms with Crippen LogP contribution in [0.4, 0.5) is 0 Å². The van der Waals surface area contributed by atoms with E-state index >= 15 is 0 Å². The van der Waals surface area contributed by atoms with Crippen molar-refractivity contribution in [3.8, 4) is 0 Å². The van der Waals surface area contributed by atoms with Gasteiger partial charge in [0.05, 0.1) is 17.3 Å². The number of rotatable bonds is 11. The van der Waals surface area contributed by atoms with Crippen LogP contribution in [0.2, 0.25) is 0 Å². The van der Waals surface area contributed by atoms with Gasteiger partial charge in [-0.05, 0) is 42.7 Å². The highest BCUT2D eigenvalue weighted by Crippen LogP contribution is 2.33. The van der Waals surface area contributed by atoms with Crippen LogP contribution in [-0.4, -0.2) is 45.7 Å². The second kappa shape index (κ2) is 13.8. The maximum absolute atomic E-state index is 12.7. The number of guanidine groups is 1. The first-order valence-electron chi connectivity index (χ1n) is 12.0. The van der Waals surface area contributed by atoms with Crippen molar-refractivity contribution in [2.45, 2.75) is 18.1 Å². The second-order valence-electron chi connectivity index (χ2n) is 8.07. The van der Waals surface area contributed by atoms with Gasteiger partial charge in [0.1, 0.15) is 0 Å². The number of nitrogens with one attached hydrogen (secondary N) is 3. The van der Waals surface area contributed by atoms with Gasteiger partial charge in [-0.1, -0.05) is 54.6 Å². The lowest BCUT2D eigenvalue weighted by Crippen LogP contribution is -2.42. The van der Waals surface area contributed by atoms with E-state index in [2.05, 4.69) is 60.9 Å². The van der Waals surface area contributed by atoms with Gasteiger partial charge in [-0.2, -0.15) is 0 Å². The average molecular weight is 499 g/mol. The van der Waals surface area contributed by atoms with E-state index in [4.69, 9.17) is 0 Å². The Bertz CT molecular complexity index is 1160. The van der Waals surface area contributed by atoms with Crippen LogP contribution in [0, 0.1) is 0 Å². The number of hydrogen-bond acceptors (Lipinski definition) is 5. The number of benzene rings is 2. The van der Waals surface area contributed by atoms with Gasteiger partial charge < -0.3 is 10.3 Å². The van der Waals surface area contributed by atoms with Crippen LogP contribution in [0.1, 0.15) is 39.0 Å². The molecule has 4 rings (SSSR count). The van der Waals surface area contributed by atoms with E-state index in [0.29, 0.717) is 24.6 Å². The van der Waals surface area contributed by atoms with E-state index in [1.807, 2.05) is 60.6 Å². The molecule has 1 unspecified atom stereocenters. The number of aromatic nitrogens is 3. The molecule has 0 fully saturated rings. The van der Waals surface area contributed by atoms with Gasteiger partial charge >= 0.3 is 0 Å². The van der Waals surface area contributed by atoms with Crippen molar-refractivity contribution in [3.63, 3.8) is 0 Å². The summed E-state index contributed by atoms with van der Waals surface area (Å²) < 4.78 is 0. The topological polar surface area (TPSA) is 95.1 Å². The highest BCUT2D eigenvalue weighted by atomic mass is 32.2. The van der Waals surface area contributed by atoms with Crippen molar-refractivity contribution in [3.05, 3.63) is 120 Å². The number of thioether (sulfide) groups is 1. The van der Waals surface area contributed by atoms with Crippen molar-refractivity contribution >= 4 is 23.6 Å². The monoisotopic (exact) mass is 498 g/mol. The molecule has 0 radical (unpaired) electrons. The maximum Gasteiger partial charge on any atom is 0.257 e. The number of amides is 1. The minimum absolute atomic E-state index is 0.128. The summed E-state index contributed by atoms with van der Waals surface area (Å²) in [4.78, 5) is 29.1. The summed E-state index contributed by atoms with van der Waals surface area (Å²) in [5, 5.41) is 6.39. The Balaban J connectivity index is 1.36. The molecule has 2 aromatic carbocycles. The number of aryl methyl sites for hydroxylation is 1. The first-order valence-corrected chi connectivity index (χ1v) is 13.0. The Morgan fingerprint density at radius 2 is 1.78 bits per heavy atom. The largest absolute Gasteiger partial charge is 0.355 e. The van der Waals surface area contributed by atoms with Crippen molar-refractivity contribution < 1.29 is 4.79 Å². The SMILES string of the molecule is O=C(NC(=NCCCc1cnc[nH]1)NCCSC(c1ccccc1)c1ccccn1)c1ccccc1. The van der Waals surface area contributed by atoms with Gasteiger partial charge in [-0.15, -0.1) is 11.8 Å². The van der Waals surface area contributed by atoms with Crippen molar-refractivity contribution in [1.82, 2.24) is 25.6 Å². The predicted molar refractivity (Wildman–Crippen MR) is 146 cm³/mol. The number of carbonyl (C=O) groups is 1. The van der Waals surface area contributed by atoms with E-state index in [0.717, 1.165) is 30.0 Å². The molecule has 36 heavy (non-hydrogen) atoms. The second-order valence-corrected chi connectivity index (χ2v) is 9.29. The molecule has 0 saturated carbocycles. The number of imidazole rings is 1. The predicted octanol–water partition coefficient (Wildman–Crippen LogP) is 4.64. The Morgan fingerprint density at radius 3 is 2.50 bits per heavy atom. The Morgan fingerprint density at radius 1 is 1.00 bits per heavy atom. The smallest absolute Gasteiger partial charge is 0.257 e. The molecule has 2 aromatic heterocycles. The number of hydrogen-bond donors (Lipinski definition) is 3.